The molecule has 1 atom stereocenters. The van der Waals surface area contributed by atoms with Crippen molar-refractivity contribution in [3.05, 3.63) is 28.3 Å². The van der Waals surface area contributed by atoms with Crippen LogP contribution in [-0.2, 0) is 22.5 Å². The smallest absolute Gasteiger partial charge is 0.247 e. The summed E-state index contributed by atoms with van der Waals surface area (Å²) in [6.07, 6.45) is 0.368. The van der Waals surface area contributed by atoms with Crippen molar-refractivity contribution in [2.75, 3.05) is 26.3 Å². The van der Waals surface area contributed by atoms with Gasteiger partial charge in [0.15, 0.2) is 0 Å². The number of halogens is 1. The van der Waals surface area contributed by atoms with Crippen LogP contribution in [0.3, 0.4) is 0 Å². The number of primary amides is 1. The summed E-state index contributed by atoms with van der Waals surface area (Å²) < 4.78 is 11.0. The van der Waals surface area contributed by atoms with Crippen LogP contribution in [0, 0.1) is 0 Å². The molecule has 2 aliphatic rings. The SMILES string of the molecule is NC(=O)[C@H]1CN(Cc2cc(Cl)cc3c2OCC3)CCO1. The number of morpholine rings is 1. The van der Waals surface area contributed by atoms with Crippen LogP contribution >= 0.6 is 11.6 Å². The Morgan fingerprint density at radius 2 is 2.30 bits per heavy atom. The molecule has 0 bridgehead atoms. The van der Waals surface area contributed by atoms with Crippen molar-refractivity contribution < 1.29 is 14.3 Å². The minimum atomic E-state index is -0.531. The molecule has 108 valence electrons. The van der Waals surface area contributed by atoms with E-state index in [4.69, 9.17) is 26.8 Å². The van der Waals surface area contributed by atoms with E-state index in [0.717, 1.165) is 34.9 Å². The van der Waals surface area contributed by atoms with Gasteiger partial charge in [-0.1, -0.05) is 11.6 Å². The molecule has 20 heavy (non-hydrogen) atoms. The molecule has 1 amide bonds. The number of hydrogen-bond donors (Lipinski definition) is 1. The molecule has 0 saturated carbocycles. The fourth-order valence-corrected chi connectivity index (χ4v) is 2.99. The van der Waals surface area contributed by atoms with Crippen LogP contribution < -0.4 is 10.5 Å². The van der Waals surface area contributed by atoms with Gasteiger partial charge in [0.1, 0.15) is 11.9 Å². The van der Waals surface area contributed by atoms with E-state index in [1.165, 1.54) is 0 Å². The Hall–Kier alpha value is -1.30. The zero-order valence-electron chi connectivity index (χ0n) is 11.1. The highest BCUT2D eigenvalue weighted by molar-refractivity contribution is 6.30. The van der Waals surface area contributed by atoms with E-state index in [1.54, 1.807) is 0 Å². The number of carbonyl (C=O) groups excluding carboxylic acids is 1. The maximum atomic E-state index is 11.2. The van der Waals surface area contributed by atoms with E-state index in [1.807, 2.05) is 12.1 Å². The summed E-state index contributed by atoms with van der Waals surface area (Å²) >= 11 is 6.15. The summed E-state index contributed by atoms with van der Waals surface area (Å²) in [5.74, 6) is 0.527. The molecule has 1 aromatic carbocycles. The zero-order valence-corrected chi connectivity index (χ0v) is 11.9. The van der Waals surface area contributed by atoms with Gasteiger partial charge in [-0.2, -0.15) is 0 Å². The lowest BCUT2D eigenvalue weighted by Crippen LogP contribution is -2.47. The van der Waals surface area contributed by atoms with Crippen LogP contribution in [-0.4, -0.2) is 43.2 Å². The number of nitrogens with two attached hydrogens (primary N) is 1. The number of benzene rings is 1. The third kappa shape index (κ3) is 2.75. The first-order chi connectivity index (χ1) is 9.63. The van der Waals surface area contributed by atoms with Gasteiger partial charge in [0.2, 0.25) is 5.91 Å². The van der Waals surface area contributed by atoms with Gasteiger partial charge in [0.05, 0.1) is 13.2 Å². The maximum Gasteiger partial charge on any atom is 0.247 e. The molecular weight excluding hydrogens is 280 g/mol. The fourth-order valence-electron chi connectivity index (χ4n) is 2.72. The number of amides is 1. The summed E-state index contributed by atoms with van der Waals surface area (Å²) in [6, 6.07) is 3.89. The summed E-state index contributed by atoms with van der Waals surface area (Å²) in [7, 11) is 0. The summed E-state index contributed by atoms with van der Waals surface area (Å²) in [5.41, 5.74) is 7.53. The van der Waals surface area contributed by atoms with E-state index in [-0.39, 0.29) is 0 Å². The van der Waals surface area contributed by atoms with Crippen LogP contribution in [0.4, 0.5) is 0 Å². The molecule has 2 N–H and O–H groups in total. The third-order valence-corrected chi connectivity index (χ3v) is 3.91. The van der Waals surface area contributed by atoms with Gasteiger partial charge in [-0.3, -0.25) is 9.69 Å². The molecular formula is C14H17ClN2O3. The molecule has 0 unspecified atom stereocenters. The van der Waals surface area contributed by atoms with E-state index in [9.17, 15) is 4.79 Å². The Labute approximate surface area is 122 Å². The van der Waals surface area contributed by atoms with E-state index >= 15 is 0 Å². The lowest BCUT2D eigenvalue weighted by Gasteiger charge is -2.31. The second-order valence-electron chi connectivity index (χ2n) is 5.15. The van der Waals surface area contributed by atoms with Crippen molar-refractivity contribution in [2.45, 2.75) is 19.1 Å². The summed E-state index contributed by atoms with van der Waals surface area (Å²) in [6.45, 7) is 3.19. The van der Waals surface area contributed by atoms with Gasteiger partial charge >= 0.3 is 0 Å². The predicted molar refractivity (Wildman–Crippen MR) is 74.9 cm³/mol. The molecule has 1 fully saturated rings. The number of ether oxygens (including phenoxy) is 2. The van der Waals surface area contributed by atoms with Crippen molar-refractivity contribution in [1.82, 2.24) is 4.90 Å². The fraction of sp³-hybridized carbons (Fsp3) is 0.500. The van der Waals surface area contributed by atoms with Gasteiger partial charge in [-0.05, 0) is 17.7 Å². The summed E-state index contributed by atoms with van der Waals surface area (Å²) in [4.78, 5) is 13.4. The molecule has 2 aliphatic heterocycles. The van der Waals surface area contributed by atoms with Crippen LogP contribution in [0.1, 0.15) is 11.1 Å². The van der Waals surface area contributed by atoms with E-state index in [0.29, 0.717) is 26.3 Å². The Bertz CT molecular complexity index is 535. The monoisotopic (exact) mass is 296 g/mol. The van der Waals surface area contributed by atoms with Crippen molar-refractivity contribution in [1.29, 1.82) is 0 Å². The Morgan fingerprint density at radius 1 is 1.45 bits per heavy atom. The maximum absolute atomic E-state index is 11.2. The normalized spacial score (nSPS) is 22.4. The highest BCUT2D eigenvalue weighted by Crippen LogP contribution is 2.33. The van der Waals surface area contributed by atoms with Gasteiger partial charge < -0.3 is 15.2 Å². The first-order valence-electron chi connectivity index (χ1n) is 6.71. The molecule has 5 nitrogen and oxygen atoms in total. The van der Waals surface area contributed by atoms with Crippen molar-refractivity contribution >= 4 is 17.5 Å². The Kier molecular flexibility index (Phi) is 3.83. The lowest BCUT2D eigenvalue weighted by molar-refractivity contribution is -0.135. The van der Waals surface area contributed by atoms with Crippen LogP contribution in [0.2, 0.25) is 5.02 Å². The molecule has 1 saturated heterocycles. The minimum Gasteiger partial charge on any atom is -0.493 e. The Morgan fingerprint density at radius 3 is 3.10 bits per heavy atom. The predicted octanol–water partition coefficient (Wildman–Crippen LogP) is 0.961. The number of rotatable bonds is 3. The standard InChI is InChI=1S/C14H17ClN2O3/c15-11-5-9-1-3-20-13(9)10(6-11)7-17-2-4-19-12(8-17)14(16)18/h5-6,12H,1-4,7-8H2,(H2,16,18)/t12-/m1/s1. The van der Waals surface area contributed by atoms with E-state index in [2.05, 4.69) is 4.90 Å². The molecule has 0 aliphatic carbocycles. The average molecular weight is 297 g/mol. The van der Waals surface area contributed by atoms with Crippen LogP contribution in [0.5, 0.6) is 5.75 Å². The Balaban J connectivity index is 1.76. The van der Waals surface area contributed by atoms with Crippen LogP contribution in [0.25, 0.3) is 0 Å². The summed E-state index contributed by atoms with van der Waals surface area (Å²) in [5, 5.41) is 0.726. The highest BCUT2D eigenvalue weighted by atomic mass is 35.5. The van der Waals surface area contributed by atoms with Gasteiger partial charge in [-0.25, -0.2) is 0 Å². The molecule has 0 spiro atoms. The van der Waals surface area contributed by atoms with Gasteiger partial charge in [0, 0.05) is 36.6 Å². The number of fused-ring (bicyclic) bond motifs is 1. The lowest BCUT2D eigenvalue weighted by atomic mass is 10.1. The molecule has 2 heterocycles. The quantitative estimate of drug-likeness (QED) is 0.902. The van der Waals surface area contributed by atoms with Gasteiger partial charge in [0.25, 0.3) is 0 Å². The van der Waals surface area contributed by atoms with Crippen molar-refractivity contribution in [3.63, 3.8) is 0 Å². The minimum absolute atomic E-state index is 0.415. The van der Waals surface area contributed by atoms with Crippen molar-refractivity contribution in [3.8, 4) is 5.75 Å². The molecule has 1 aromatic rings. The number of hydrogen-bond acceptors (Lipinski definition) is 4. The topological polar surface area (TPSA) is 64.8 Å². The van der Waals surface area contributed by atoms with Crippen molar-refractivity contribution in [2.24, 2.45) is 5.73 Å². The molecule has 3 rings (SSSR count). The third-order valence-electron chi connectivity index (χ3n) is 3.69. The molecule has 0 aromatic heterocycles. The second-order valence-corrected chi connectivity index (χ2v) is 5.58. The van der Waals surface area contributed by atoms with E-state index < -0.39 is 12.0 Å². The largest absolute Gasteiger partial charge is 0.493 e. The number of nitrogens with zero attached hydrogens (tertiary/aromatic N) is 1. The first-order valence-corrected chi connectivity index (χ1v) is 7.08. The highest BCUT2D eigenvalue weighted by Gasteiger charge is 2.26. The number of carbonyl (C=O) groups is 1. The van der Waals surface area contributed by atoms with Crippen LogP contribution in [0.15, 0.2) is 12.1 Å². The second kappa shape index (κ2) is 5.60. The molecule has 6 heteroatoms. The molecule has 0 radical (unpaired) electrons. The average Bonchev–Trinajstić information content (AvgIpc) is 2.87. The zero-order chi connectivity index (χ0) is 14.1. The first kappa shape index (κ1) is 13.7. The van der Waals surface area contributed by atoms with Gasteiger partial charge in [-0.15, -0.1) is 0 Å².